The SMILES string of the molecule is CCCCC/C=C\C/C=C\CCCCCCCC(=O)OC(COC(=O)CCCCCCC/C=C\C/C=C\CCCCCC)COC(=O)CCCCCCCCCC. The predicted octanol–water partition coefficient (Wildman–Crippen LogP) is 15.5. The molecule has 0 aliphatic rings. The highest BCUT2D eigenvalue weighted by molar-refractivity contribution is 5.71. The van der Waals surface area contributed by atoms with Crippen molar-refractivity contribution in [3.8, 4) is 0 Å². The van der Waals surface area contributed by atoms with E-state index >= 15 is 0 Å². The monoisotopic (exact) mass is 799 g/mol. The fourth-order valence-electron chi connectivity index (χ4n) is 6.62. The Morgan fingerprint density at radius 3 is 1.02 bits per heavy atom. The maximum Gasteiger partial charge on any atom is 0.306 e. The topological polar surface area (TPSA) is 78.9 Å². The molecule has 0 rings (SSSR count). The standard InChI is InChI=1S/C51H90O6/c1-4-7-10-13-16-19-21-23-25-27-28-30-32-35-38-41-44-50(53)56-47-48(46-55-49(52)43-40-37-34-18-15-12-9-6-3)57-51(54)45-42-39-36-33-31-29-26-24-22-20-17-14-11-8-5-2/h17,19-21,24-27,48H,4-16,18,22-23,28-47H2,1-3H3/b20-17-,21-19-,26-24-,27-25-. The van der Waals surface area contributed by atoms with Crippen LogP contribution in [-0.4, -0.2) is 37.2 Å². The molecule has 0 aliphatic carbocycles. The summed E-state index contributed by atoms with van der Waals surface area (Å²) < 4.78 is 16.7. The lowest BCUT2D eigenvalue weighted by molar-refractivity contribution is -0.167. The van der Waals surface area contributed by atoms with E-state index in [1.165, 1.54) is 96.3 Å². The number of ether oxygens (including phenoxy) is 3. The number of unbranched alkanes of at least 4 members (excludes halogenated alkanes) is 24. The number of allylic oxidation sites excluding steroid dienone is 8. The Labute approximate surface area is 352 Å². The molecule has 6 nitrogen and oxygen atoms in total. The average molecular weight is 799 g/mol. The van der Waals surface area contributed by atoms with E-state index in [1.807, 2.05) is 0 Å². The summed E-state index contributed by atoms with van der Waals surface area (Å²) in [7, 11) is 0. The molecule has 0 aromatic rings. The molecule has 0 heterocycles. The fourth-order valence-corrected chi connectivity index (χ4v) is 6.62. The van der Waals surface area contributed by atoms with Crippen molar-refractivity contribution in [2.75, 3.05) is 13.2 Å². The van der Waals surface area contributed by atoms with Crippen LogP contribution in [0.25, 0.3) is 0 Å². The molecule has 0 bridgehead atoms. The van der Waals surface area contributed by atoms with Gasteiger partial charge in [0, 0.05) is 19.3 Å². The van der Waals surface area contributed by atoms with Crippen molar-refractivity contribution in [2.45, 2.75) is 245 Å². The van der Waals surface area contributed by atoms with Crippen LogP contribution in [0.3, 0.4) is 0 Å². The first-order valence-electron chi connectivity index (χ1n) is 24.1. The number of esters is 3. The Bertz CT molecular complexity index is 1010. The first-order valence-corrected chi connectivity index (χ1v) is 24.1. The van der Waals surface area contributed by atoms with Crippen molar-refractivity contribution in [2.24, 2.45) is 0 Å². The van der Waals surface area contributed by atoms with Crippen LogP contribution >= 0.6 is 0 Å². The van der Waals surface area contributed by atoms with Gasteiger partial charge in [0.1, 0.15) is 13.2 Å². The van der Waals surface area contributed by atoms with Gasteiger partial charge in [-0.2, -0.15) is 0 Å². The second kappa shape index (κ2) is 46.1. The summed E-state index contributed by atoms with van der Waals surface area (Å²) in [6, 6.07) is 0. The second-order valence-electron chi connectivity index (χ2n) is 16.0. The third-order valence-electron chi connectivity index (χ3n) is 10.3. The van der Waals surface area contributed by atoms with Gasteiger partial charge in [0.25, 0.3) is 0 Å². The van der Waals surface area contributed by atoms with E-state index < -0.39 is 6.10 Å². The minimum Gasteiger partial charge on any atom is -0.462 e. The molecule has 0 spiro atoms. The van der Waals surface area contributed by atoms with Crippen LogP contribution in [0.4, 0.5) is 0 Å². The second-order valence-corrected chi connectivity index (χ2v) is 16.0. The molecule has 0 fully saturated rings. The van der Waals surface area contributed by atoms with Crippen LogP contribution in [0.1, 0.15) is 239 Å². The Morgan fingerprint density at radius 2 is 0.632 bits per heavy atom. The maximum atomic E-state index is 12.7. The third-order valence-corrected chi connectivity index (χ3v) is 10.3. The molecule has 1 unspecified atom stereocenters. The van der Waals surface area contributed by atoms with Gasteiger partial charge in [-0.25, -0.2) is 0 Å². The van der Waals surface area contributed by atoms with Crippen LogP contribution in [0.15, 0.2) is 48.6 Å². The first-order chi connectivity index (χ1) is 28.0. The molecule has 0 N–H and O–H groups in total. The summed E-state index contributed by atoms with van der Waals surface area (Å²) in [5, 5.41) is 0. The van der Waals surface area contributed by atoms with Crippen molar-refractivity contribution < 1.29 is 28.6 Å². The van der Waals surface area contributed by atoms with E-state index in [2.05, 4.69) is 69.4 Å². The van der Waals surface area contributed by atoms with Crippen molar-refractivity contribution in [1.82, 2.24) is 0 Å². The molecule has 0 aromatic carbocycles. The lowest BCUT2D eigenvalue weighted by Crippen LogP contribution is -2.30. The largest absolute Gasteiger partial charge is 0.462 e. The van der Waals surface area contributed by atoms with Crippen molar-refractivity contribution >= 4 is 17.9 Å². The van der Waals surface area contributed by atoms with E-state index in [1.54, 1.807) is 0 Å². The minimum atomic E-state index is -0.781. The zero-order valence-corrected chi connectivity index (χ0v) is 37.6. The van der Waals surface area contributed by atoms with Crippen LogP contribution < -0.4 is 0 Å². The molecule has 0 aliphatic heterocycles. The molecule has 0 aromatic heterocycles. The Morgan fingerprint density at radius 1 is 0.351 bits per heavy atom. The highest BCUT2D eigenvalue weighted by Crippen LogP contribution is 2.13. The van der Waals surface area contributed by atoms with E-state index in [4.69, 9.17) is 14.2 Å². The molecule has 0 radical (unpaired) electrons. The third kappa shape index (κ3) is 44.3. The first kappa shape index (κ1) is 54.4. The number of rotatable bonds is 43. The molecular formula is C51H90O6. The summed E-state index contributed by atoms with van der Waals surface area (Å²) >= 11 is 0. The van der Waals surface area contributed by atoms with Crippen LogP contribution in [0.2, 0.25) is 0 Å². The van der Waals surface area contributed by atoms with Gasteiger partial charge in [-0.05, 0) is 83.5 Å². The summed E-state index contributed by atoms with van der Waals surface area (Å²) in [6.07, 6.45) is 53.8. The smallest absolute Gasteiger partial charge is 0.306 e. The Kier molecular flexibility index (Phi) is 43.9. The van der Waals surface area contributed by atoms with Gasteiger partial charge in [0.15, 0.2) is 6.10 Å². The van der Waals surface area contributed by atoms with E-state index in [0.717, 1.165) is 103 Å². The molecule has 57 heavy (non-hydrogen) atoms. The zero-order valence-electron chi connectivity index (χ0n) is 37.6. The lowest BCUT2D eigenvalue weighted by Gasteiger charge is -2.18. The predicted molar refractivity (Wildman–Crippen MR) is 242 cm³/mol. The molecule has 0 saturated heterocycles. The van der Waals surface area contributed by atoms with Gasteiger partial charge >= 0.3 is 17.9 Å². The fraction of sp³-hybridized carbons (Fsp3) is 0.784. The van der Waals surface area contributed by atoms with E-state index in [0.29, 0.717) is 19.3 Å². The normalized spacial score (nSPS) is 12.4. The van der Waals surface area contributed by atoms with Gasteiger partial charge < -0.3 is 14.2 Å². The van der Waals surface area contributed by atoms with Crippen LogP contribution in [0, 0.1) is 0 Å². The van der Waals surface area contributed by atoms with Gasteiger partial charge in [-0.3, -0.25) is 14.4 Å². The summed E-state index contributed by atoms with van der Waals surface area (Å²) in [6.45, 7) is 6.54. The van der Waals surface area contributed by atoms with Crippen molar-refractivity contribution in [1.29, 1.82) is 0 Å². The number of carbonyl (C=O) groups is 3. The molecule has 0 amide bonds. The van der Waals surface area contributed by atoms with Gasteiger partial charge in [-0.15, -0.1) is 0 Å². The quantitative estimate of drug-likeness (QED) is 0.0265. The van der Waals surface area contributed by atoms with Crippen molar-refractivity contribution in [3.63, 3.8) is 0 Å². The maximum absolute atomic E-state index is 12.7. The molecule has 330 valence electrons. The zero-order chi connectivity index (χ0) is 41.5. The lowest BCUT2D eigenvalue weighted by atomic mass is 10.1. The van der Waals surface area contributed by atoms with E-state index in [-0.39, 0.29) is 31.1 Å². The van der Waals surface area contributed by atoms with Gasteiger partial charge in [0.05, 0.1) is 0 Å². The Hall–Kier alpha value is -2.63. The molecular weight excluding hydrogens is 709 g/mol. The average Bonchev–Trinajstić information content (AvgIpc) is 3.21. The van der Waals surface area contributed by atoms with Gasteiger partial charge in [-0.1, -0.05) is 185 Å². The molecule has 6 heteroatoms. The van der Waals surface area contributed by atoms with Crippen molar-refractivity contribution in [3.05, 3.63) is 48.6 Å². The van der Waals surface area contributed by atoms with E-state index in [9.17, 15) is 14.4 Å². The molecule has 1 atom stereocenters. The number of hydrogen-bond acceptors (Lipinski definition) is 6. The summed E-state index contributed by atoms with van der Waals surface area (Å²) in [4.78, 5) is 37.7. The van der Waals surface area contributed by atoms with Crippen LogP contribution in [0.5, 0.6) is 0 Å². The number of hydrogen-bond donors (Lipinski definition) is 0. The highest BCUT2D eigenvalue weighted by atomic mass is 16.6. The number of carbonyl (C=O) groups excluding carboxylic acids is 3. The highest BCUT2D eigenvalue weighted by Gasteiger charge is 2.19. The van der Waals surface area contributed by atoms with Crippen LogP contribution in [-0.2, 0) is 28.6 Å². The molecule has 0 saturated carbocycles. The van der Waals surface area contributed by atoms with Gasteiger partial charge in [0.2, 0.25) is 0 Å². The Balaban J connectivity index is 4.36. The minimum absolute atomic E-state index is 0.0825. The summed E-state index contributed by atoms with van der Waals surface area (Å²) in [5.41, 5.74) is 0. The summed E-state index contributed by atoms with van der Waals surface area (Å²) in [5.74, 6) is -0.913.